The van der Waals surface area contributed by atoms with Gasteiger partial charge in [0.2, 0.25) is 0 Å². The molecule has 0 amide bonds. The average Bonchev–Trinajstić information content (AvgIpc) is 2.96. The van der Waals surface area contributed by atoms with E-state index in [1.165, 1.54) is 7.11 Å². The number of methoxy groups -OCH3 is 1. The molecule has 0 bridgehead atoms. The van der Waals surface area contributed by atoms with Crippen LogP contribution in [0.4, 0.5) is 0 Å². The van der Waals surface area contributed by atoms with Gasteiger partial charge < -0.3 is 9.84 Å². The summed E-state index contributed by atoms with van der Waals surface area (Å²) in [5, 5.41) is 9.87. The predicted molar refractivity (Wildman–Crippen MR) is 56.5 cm³/mol. The molecule has 5 nitrogen and oxygen atoms in total. The summed E-state index contributed by atoms with van der Waals surface area (Å²) in [6.07, 6.45) is 0.805. The zero-order valence-corrected chi connectivity index (χ0v) is 10.00. The van der Waals surface area contributed by atoms with Crippen LogP contribution in [-0.2, 0) is 19.4 Å². The summed E-state index contributed by atoms with van der Waals surface area (Å²) in [5.74, 6) is -0.470. The fourth-order valence-corrected chi connectivity index (χ4v) is 4.57. The summed E-state index contributed by atoms with van der Waals surface area (Å²) in [6, 6.07) is 0. The van der Waals surface area contributed by atoms with E-state index in [-0.39, 0.29) is 17.4 Å². The maximum absolute atomic E-state index is 11.4. The predicted octanol–water partition coefficient (Wildman–Crippen LogP) is -0.265. The first-order chi connectivity index (χ1) is 7.41. The molecule has 1 N–H and O–H groups in total. The van der Waals surface area contributed by atoms with E-state index < -0.39 is 27.3 Å². The summed E-state index contributed by atoms with van der Waals surface area (Å²) in [7, 11) is -1.74. The van der Waals surface area contributed by atoms with Crippen LogP contribution in [0.3, 0.4) is 0 Å². The van der Waals surface area contributed by atoms with Crippen LogP contribution in [0.5, 0.6) is 0 Å². The molecule has 92 valence electrons. The first-order valence-corrected chi connectivity index (χ1v) is 7.20. The third-order valence-electron chi connectivity index (χ3n) is 3.84. The van der Waals surface area contributed by atoms with E-state index in [4.69, 9.17) is 0 Å². The lowest BCUT2D eigenvalue weighted by molar-refractivity contribution is -0.155. The molecule has 6 heteroatoms. The van der Waals surface area contributed by atoms with Gasteiger partial charge in [-0.15, -0.1) is 0 Å². The Morgan fingerprint density at radius 1 is 1.50 bits per heavy atom. The van der Waals surface area contributed by atoms with Gasteiger partial charge in [0.15, 0.2) is 15.9 Å². The van der Waals surface area contributed by atoms with Crippen molar-refractivity contribution in [3.8, 4) is 0 Å². The molecule has 2 aliphatic rings. The summed E-state index contributed by atoms with van der Waals surface area (Å²) in [5.41, 5.74) is -0.531. The van der Waals surface area contributed by atoms with Gasteiger partial charge >= 0.3 is 5.97 Å². The van der Waals surface area contributed by atoms with Gasteiger partial charge in [-0.1, -0.05) is 0 Å². The van der Waals surface area contributed by atoms with Crippen molar-refractivity contribution in [3.63, 3.8) is 0 Å². The van der Waals surface area contributed by atoms with Crippen LogP contribution in [-0.4, -0.2) is 44.2 Å². The molecule has 0 radical (unpaired) electrons. The fourth-order valence-electron chi connectivity index (χ4n) is 2.64. The second-order valence-corrected chi connectivity index (χ2v) is 6.99. The molecule has 1 aliphatic heterocycles. The summed E-state index contributed by atoms with van der Waals surface area (Å²) in [4.78, 5) is 11.3. The highest BCUT2D eigenvalue weighted by molar-refractivity contribution is 7.91. The van der Waals surface area contributed by atoms with Crippen LogP contribution >= 0.6 is 0 Å². The Kier molecular flexibility index (Phi) is 2.74. The number of hydrogen-bond donors (Lipinski definition) is 1. The maximum Gasteiger partial charge on any atom is 0.335 e. The molecule has 1 saturated carbocycles. The van der Waals surface area contributed by atoms with E-state index in [1.807, 2.05) is 0 Å². The highest BCUT2D eigenvalue weighted by Gasteiger charge is 2.59. The molecule has 0 aromatic carbocycles. The number of carbonyl (C=O) groups excluding carboxylic acids is 1. The Bertz CT molecular complexity index is 395. The minimum absolute atomic E-state index is 0.0911. The number of ether oxygens (including phenoxy) is 1. The molecule has 2 atom stereocenters. The molecule has 2 unspecified atom stereocenters. The van der Waals surface area contributed by atoms with Crippen molar-refractivity contribution < 1.29 is 23.1 Å². The lowest BCUT2D eigenvalue weighted by atomic mass is 9.83. The molecule has 0 spiro atoms. The molecule has 1 heterocycles. The fraction of sp³-hybridized carbons (Fsp3) is 0.900. The molecule has 1 aliphatic carbocycles. The molecule has 0 aromatic heterocycles. The van der Waals surface area contributed by atoms with Gasteiger partial charge in [0.1, 0.15) is 0 Å². The Morgan fingerprint density at radius 3 is 2.50 bits per heavy atom. The Hall–Kier alpha value is -0.620. The lowest BCUT2D eigenvalue weighted by Gasteiger charge is -2.25. The van der Waals surface area contributed by atoms with Gasteiger partial charge in [-0.2, -0.15) is 0 Å². The van der Waals surface area contributed by atoms with Gasteiger partial charge in [0.25, 0.3) is 0 Å². The van der Waals surface area contributed by atoms with Crippen molar-refractivity contribution in [3.05, 3.63) is 0 Å². The second kappa shape index (κ2) is 3.70. The van der Waals surface area contributed by atoms with Crippen molar-refractivity contribution in [2.24, 2.45) is 11.3 Å². The SMILES string of the molecule is COC(=O)C(O)C1(C2CCS(=O)(=O)C2)CC1. The molecular weight excluding hydrogens is 232 g/mol. The molecule has 2 fully saturated rings. The summed E-state index contributed by atoms with van der Waals surface area (Å²) >= 11 is 0. The standard InChI is InChI=1S/C10H16O5S/c1-15-9(12)8(11)10(3-4-10)7-2-5-16(13,14)6-7/h7-8,11H,2-6H2,1H3. The third-order valence-corrected chi connectivity index (χ3v) is 5.61. The Balaban J connectivity index is 2.12. The highest BCUT2D eigenvalue weighted by atomic mass is 32.2. The molecule has 16 heavy (non-hydrogen) atoms. The number of aliphatic hydroxyl groups is 1. The zero-order chi connectivity index (χ0) is 12.0. The number of esters is 1. The van der Waals surface area contributed by atoms with Crippen LogP contribution in [0.1, 0.15) is 19.3 Å². The number of aliphatic hydroxyl groups excluding tert-OH is 1. The summed E-state index contributed by atoms with van der Waals surface area (Å²) < 4.78 is 27.3. The smallest absolute Gasteiger partial charge is 0.335 e. The molecule has 1 saturated heterocycles. The van der Waals surface area contributed by atoms with Crippen LogP contribution in [0, 0.1) is 11.3 Å². The van der Waals surface area contributed by atoms with Crippen LogP contribution in [0.2, 0.25) is 0 Å². The van der Waals surface area contributed by atoms with Gasteiger partial charge in [0, 0.05) is 5.41 Å². The molecular formula is C10H16O5S. The van der Waals surface area contributed by atoms with E-state index in [9.17, 15) is 18.3 Å². The van der Waals surface area contributed by atoms with Gasteiger partial charge in [0.05, 0.1) is 18.6 Å². The highest BCUT2D eigenvalue weighted by Crippen LogP contribution is 2.57. The van der Waals surface area contributed by atoms with Crippen molar-refractivity contribution in [1.29, 1.82) is 0 Å². The Labute approximate surface area is 94.7 Å². The van der Waals surface area contributed by atoms with Gasteiger partial charge in [-0.3, -0.25) is 0 Å². The quantitative estimate of drug-likeness (QED) is 0.696. The van der Waals surface area contributed by atoms with Crippen LogP contribution in [0.25, 0.3) is 0 Å². The van der Waals surface area contributed by atoms with E-state index >= 15 is 0 Å². The third kappa shape index (κ3) is 1.84. The Morgan fingerprint density at radius 2 is 2.12 bits per heavy atom. The van der Waals surface area contributed by atoms with Gasteiger partial charge in [-0.25, -0.2) is 13.2 Å². The topological polar surface area (TPSA) is 80.7 Å². The van der Waals surface area contributed by atoms with E-state index in [0.29, 0.717) is 19.3 Å². The van der Waals surface area contributed by atoms with Crippen molar-refractivity contribution in [1.82, 2.24) is 0 Å². The first kappa shape index (κ1) is 11.9. The normalized spacial score (nSPS) is 32.0. The number of hydrogen-bond acceptors (Lipinski definition) is 5. The average molecular weight is 248 g/mol. The van der Waals surface area contributed by atoms with Crippen molar-refractivity contribution >= 4 is 15.8 Å². The minimum Gasteiger partial charge on any atom is -0.467 e. The van der Waals surface area contributed by atoms with Crippen molar-refractivity contribution in [2.45, 2.75) is 25.4 Å². The number of sulfone groups is 1. The largest absolute Gasteiger partial charge is 0.467 e. The number of rotatable bonds is 3. The lowest BCUT2D eigenvalue weighted by Crippen LogP contribution is -2.37. The van der Waals surface area contributed by atoms with E-state index in [1.54, 1.807) is 0 Å². The van der Waals surface area contributed by atoms with Crippen LogP contribution in [0.15, 0.2) is 0 Å². The van der Waals surface area contributed by atoms with E-state index in [2.05, 4.69) is 4.74 Å². The summed E-state index contributed by atoms with van der Waals surface area (Å²) in [6.45, 7) is 0. The number of carbonyl (C=O) groups is 1. The van der Waals surface area contributed by atoms with E-state index in [0.717, 1.165) is 0 Å². The van der Waals surface area contributed by atoms with Crippen molar-refractivity contribution in [2.75, 3.05) is 18.6 Å². The molecule has 2 rings (SSSR count). The maximum atomic E-state index is 11.4. The monoisotopic (exact) mass is 248 g/mol. The minimum atomic E-state index is -2.97. The second-order valence-electron chi connectivity index (χ2n) is 4.76. The molecule has 0 aromatic rings. The van der Waals surface area contributed by atoms with Crippen LogP contribution < -0.4 is 0 Å². The van der Waals surface area contributed by atoms with Gasteiger partial charge in [-0.05, 0) is 25.2 Å². The first-order valence-electron chi connectivity index (χ1n) is 5.38. The zero-order valence-electron chi connectivity index (χ0n) is 9.18.